The van der Waals surface area contributed by atoms with Crippen LogP contribution in [0.5, 0.6) is 0 Å². The molecule has 1 aliphatic carbocycles. The van der Waals surface area contributed by atoms with Gasteiger partial charge in [-0.25, -0.2) is 0 Å². The van der Waals surface area contributed by atoms with Crippen LogP contribution in [-0.4, -0.2) is 28.5 Å². The summed E-state index contributed by atoms with van der Waals surface area (Å²) in [5, 5.41) is 21.1. The minimum absolute atomic E-state index is 0.0571. The van der Waals surface area contributed by atoms with Gasteiger partial charge in [-0.2, -0.15) is 0 Å². The first-order valence-corrected chi connectivity index (χ1v) is 10.5. The van der Waals surface area contributed by atoms with Crippen LogP contribution in [0.25, 0.3) is 0 Å². The number of aryl methyl sites for hydroxylation is 1. The van der Waals surface area contributed by atoms with Crippen molar-refractivity contribution in [2.24, 2.45) is 11.8 Å². The first-order valence-electron chi connectivity index (χ1n) is 10.5. The minimum atomic E-state index is -0.344. The van der Waals surface area contributed by atoms with E-state index in [9.17, 15) is 10.2 Å². The Bertz CT molecular complexity index is 609. The van der Waals surface area contributed by atoms with Crippen molar-refractivity contribution in [3.8, 4) is 0 Å². The van der Waals surface area contributed by atoms with Crippen molar-refractivity contribution in [2.75, 3.05) is 0 Å². The number of ether oxygens (including phenoxy) is 1. The molecule has 0 aromatic heterocycles. The molecule has 0 saturated heterocycles. The maximum atomic E-state index is 10.6. The molecule has 0 bridgehead atoms. The topological polar surface area (TPSA) is 49.7 Å². The zero-order valence-electron chi connectivity index (χ0n) is 16.3. The van der Waals surface area contributed by atoms with Gasteiger partial charge in [-0.1, -0.05) is 49.1 Å². The third kappa shape index (κ3) is 5.95. The third-order valence-corrected chi connectivity index (χ3v) is 6.16. The van der Waals surface area contributed by atoms with Gasteiger partial charge in [0.1, 0.15) is 6.10 Å². The number of hydrogen-bond acceptors (Lipinski definition) is 3. The van der Waals surface area contributed by atoms with Gasteiger partial charge in [-0.15, -0.1) is 0 Å². The van der Waals surface area contributed by atoms with E-state index in [-0.39, 0.29) is 24.2 Å². The molecule has 0 unspecified atom stereocenters. The summed E-state index contributed by atoms with van der Waals surface area (Å²) < 4.78 is 6.11. The van der Waals surface area contributed by atoms with E-state index in [0.717, 1.165) is 57.1 Å². The minimum Gasteiger partial charge on any atom is -0.495 e. The molecule has 2 N–H and O–H groups in total. The van der Waals surface area contributed by atoms with Crippen LogP contribution in [0, 0.1) is 11.8 Å². The molecule has 1 aromatic rings. The Morgan fingerprint density at radius 3 is 2.78 bits per heavy atom. The SMILES string of the molecule is C=C1CCC/C=C\C[C@@H]2[C@@H](CC[C@@H](O)CCc3ccccc3)[C@H](O)C[C@@H]2O1. The van der Waals surface area contributed by atoms with Gasteiger partial charge in [-0.05, 0) is 56.4 Å². The summed E-state index contributed by atoms with van der Waals surface area (Å²) in [6.45, 7) is 4.06. The van der Waals surface area contributed by atoms with Gasteiger partial charge >= 0.3 is 0 Å². The molecule has 1 aromatic carbocycles. The summed E-state index contributed by atoms with van der Waals surface area (Å²) >= 11 is 0. The summed E-state index contributed by atoms with van der Waals surface area (Å²) in [5.41, 5.74) is 1.27. The van der Waals surface area contributed by atoms with Crippen LogP contribution in [0.1, 0.15) is 56.9 Å². The molecule has 3 nitrogen and oxygen atoms in total. The number of hydrogen-bond donors (Lipinski definition) is 2. The zero-order chi connectivity index (χ0) is 19.1. The van der Waals surface area contributed by atoms with Crippen molar-refractivity contribution < 1.29 is 14.9 Å². The van der Waals surface area contributed by atoms with Gasteiger partial charge in [0.15, 0.2) is 0 Å². The number of rotatable bonds is 6. The predicted molar refractivity (Wildman–Crippen MR) is 109 cm³/mol. The Labute approximate surface area is 163 Å². The standard InChI is InChI=1S/C24H34O3/c1-18-9-5-2-3-8-12-22-21(23(26)17-24(22)27-18)16-15-20(25)14-13-19-10-6-4-7-11-19/h3-4,6-8,10-11,20-26H,1-2,5,9,12-17H2/b8-3-/t20-,21+,22+,23+,24-/m0/s1. The lowest BCUT2D eigenvalue weighted by atomic mass is 9.85. The Balaban J connectivity index is 1.53. The molecule has 0 spiro atoms. The van der Waals surface area contributed by atoms with Crippen LogP contribution in [0.4, 0.5) is 0 Å². The zero-order valence-corrected chi connectivity index (χ0v) is 16.3. The quantitative estimate of drug-likeness (QED) is 0.708. The van der Waals surface area contributed by atoms with Gasteiger partial charge in [-0.3, -0.25) is 0 Å². The van der Waals surface area contributed by atoms with Gasteiger partial charge in [0.2, 0.25) is 0 Å². The normalized spacial score (nSPS) is 31.0. The van der Waals surface area contributed by atoms with Crippen molar-refractivity contribution in [1.82, 2.24) is 0 Å². The largest absolute Gasteiger partial charge is 0.495 e. The molecule has 5 atom stereocenters. The Kier molecular flexibility index (Phi) is 7.54. The molecule has 0 amide bonds. The average Bonchev–Trinajstić information content (AvgIpc) is 2.96. The van der Waals surface area contributed by atoms with Crippen LogP contribution >= 0.6 is 0 Å². The van der Waals surface area contributed by atoms with E-state index in [1.54, 1.807) is 0 Å². The fraction of sp³-hybridized carbons (Fsp3) is 0.583. The van der Waals surface area contributed by atoms with Gasteiger partial charge < -0.3 is 14.9 Å². The molecular formula is C24H34O3. The molecule has 0 radical (unpaired) electrons. The van der Waals surface area contributed by atoms with E-state index < -0.39 is 0 Å². The van der Waals surface area contributed by atoms with Crippen molar-refractivity contribution >= 4 is 0 Å². The molecule has 3 rings (SSSR count). The van der Waals surface area contributed by atoms with Gasteiger partial charge in [0.05, 0.1) is 18.0 Å². The lowest BCUT2D eigenvalue weighted by Crippen LogP contribution is -2.25. The Hall–Kier alpha value is -1.58. The van der Waals surface area contributed by atoms with Crippen LogP contribution < -0.4 is 0 Å². The lowest BCUT2D eigenvalue weighted by molar-refractivity contribution is 0.0632. The second kappa shape index (κ2) is 10.1. The molecule has 148 valence electrons. The van der Waals surface area contributed by atoms with Gasteiger partial charge in [0.25, 0.3) is 0 Å². The third-order valence-electron chi connectivity index (χ3n) is 6.16. The molecular weight excluding hydrogens is 336 g/mol. The van der Waals surface area contributed by atoms with E-state index in [0.29, 0.717) is 12.3 Å². The highest BCUT2D eigenvalue weighted by Gasteiger charge is 2.43. The molecule has 27 heavy (non-hydrogen) atoms. The summed E-state index contributed by atoms with van der Waals surface area (Å²) in [4.78, 5) is 0. The van der Waals surface area contributed by atoms with E-state index >= 15 is 0 Å². The van der Waals surface area contributed by atoms with Crippen molar-refractivity contribution in [3.05, 3.63) is 60.4 Å². The summed E-state index contributed by atoms with van der Waals surface area (Å²) in [5.74, 6) is 1.36. The molecule has 1 fully saturated rings. The second-order valence-electron chi connectivity index (χ2n) is 8.18. The van der Waals surface area contributed by atoms with Crippen LogP contribution in [0.2, 0.25) is 0 Å². The van der Waals surface area contributed by atoms with E-state index in [4.69, 9.17) is 4.74 Å². The van der Waals surface area contributed by atoms with Crippen LogP contribution in [0.3, 0.4) is 0 Å². The molecule has 1 saturated carbocycles. The highest BCUT2D eigenvalue weighted by Crippen LogP contribution is 2.41. The maximum absolute atomic E-state index is 10.6. The molecule has 1 aliphatic heterocycles. The number of aliphatic hydroxyl groups excluding tert-OH is 2. The Morgan fingerprint density at radius 2 is 1.96 bits per heavy atom. The van der Waals surface area contributed by atoms with E-state index in [2.05, 4.69) is 30.9 Å². The highest BCUT2D eigenvalue weighted by atomic mass is 16.5. The number of benzene rings is 1. The smallest absolute Gasteiger partial charge is 0.104 e. The Morgan fingerprint density at radius 1 is 1.15 bits per heavy atom. The fourth-order valence-corrected chi connectivity index (χ4v) is 4.59. The first kappa shape index (κ1) is 20.2. The first-order chi connectivity index (χ1) is 13.1. The molecule has 2 aliphatic rings. The van der Waals surface area contributed by atoms with E-state index in [1.807, 2.05) is 18.2 Å². The summed E-state index contributed by atoms with van der Waals surface area (Å²) in [6, 6.07) is 10.3. The van der Waals surface area contributed by atoms with Crippen LogP contribution in [0.15, 0.2) is 54.8 Å². The lowest BCUT2D eigenvalue weighted by Gasteiger charge is -2.27. The summed E-state index contributed by atoms with van der Waals surface area (Å²) in [7, 11) is 0. The van der Waals surface area contributed by atoms with Crippen molar-refractivity contribution in [1.29, 1.82) is 0 Å². The van der Waals surface area contributed by atoms with Crippen molar-refractivity contribution in [2.45, 2.75) is 76.1 Å². The monoisotopic (exact) mass is 370 g/mol. The van der Waals surface area contributed by atoms with Crippen molar-refractivity contribution in [3.63, 3.8) is 0 Å². The number of aliphatic hydroxyl groups is 2. The number of allylic oxidation sites excluding steroid dienone is 3. The van der Waals surface area contributed by atoms with Gasteiger partial charge in [0, 0.05) is 18.8 Å². The summed E-state index contributed by atoms with van der Waals surface area (Å²) in [6.07, 6.45) is 11.8. The maximum Gasteiger partial charge on any atom is 0.104 e. The fourth-order valence-electron chi connectivity index (χ4n) is 4.59. The predicted octanol–water partition coefficient (Wildman–Crippen LogP) is 4.79. The van der Waals surface area contributed by atoms with Crippen LogP contribution in [-0.2, 0) is 11.2 Å². The second-order valence-corrected chi connectivity index (χ2v) is 8.18. The molecule has 3 heteroatoms. The molecule has 1 heterocycles. The highest BCUT2D eigenvalue weighted by molar-refractivity contribution is 5.14. The number of fused-ring (bicyclic) bond motifs is 1. The van der Waals surface area contributed by atoms with E-state index in [1.165, 1.54) is 5.56 Å². The average molecular weight is 371 g/mol.